The quantitative estimate of drug-likeness (QED) is 0.490. The molecule has 6 nitrogen and oxygen atoms in total. The molecule has 1 aliphatic heterocycles. The Hall–Kier alpha value is -3.39. The Kier molecular flexibility index (Phi) is 6.14. The molecule has 1 aromatic heterocycles. The van der Waals surface area contributed by atoms with Gasteiger partial charge in [0, 0.05) is 28.3 Å². The molecular formula is C24H22FNO5S. The summed E-state index contributed by atoms with van der Waals surface area (Å²) in [5, 5.41) is 12.7. The molecule has 32 heavy (non-hydrogen) atoms. The number of anilines is 1. The number of thiophene rings is 1. The molecule has 2 N–H and O–H groups in total. The first kappa shape index (κ1) is 21.8. The number of carbonyl (C=O) groups is 2. The van der Waals surface area contributed by atoms with Crippen molar-refractivity contribution in [3.63, 3.8) is 0 Å². The van der Waals surface area contributed by atoms with Gasteiger partial charge >= 0.3 is 5.97 Å². The van der Waals surface area contributed by atoms with Crippen molar-refractivity contribution in [1.82, 2.24) is 0 Å². The van der Waals surface area contributed by atoms with E-state index in [2.05, 4.69) is 5.32 Å². The fourth-order valence-electron chi connectivity index (χ4n) is 3.93. The first-order valence-corrected chi connectivity index (χ1v) is 11.0. The normalized spacial score (nSPS) is 15.1. The third-order valence-corrected chi connectivity index (χ3v) is 6.56. The molecule has 3 aromatic rings. The smallest absolute Gasteiger partial charge is 0.346 e. The summed E-state index contributed by atoms with van der Waals surface area (Å²) in [5.41, 5.74) is 1.87. The Bertz CT molecular complexity index is 1190. The van der Waals surface area contributed by atoms with Crippen LogP contribution >= 0.6 is 11.3 Å². The minimum atomic E-state index is -1.13. The van der Waals surface area contributed by atoms with Gasteiger partial charge in [-0.3, -0.25) is 4.79 Å². The number of amides is 1. The van der Waals surface area contributed by atoms with Crippen LogP contribution in [0.2, 0.25) is 0 Å². The average molecular weight is 456 g/mol. The molecule has 0 bridgehead atoms. The second-order valence-corrected chi connectivity index (χ2v) is 8.45. The number of benzene rings is 2. The molecule has 1 amide bonds. The van der Waals surface area contributed by atoms with Gasteiger partial charge in [0.05, 0.1) is 19.4 Å². The van der Waals surface area contributed by atoms with Crippen molar-refractivity contribution in [2.75, 3.05) is 19.0 Å². The SMILES string of the molecule is CCCOc1c(OC)cccc1[C@H]1CC(=O)Nc2c1sc(C(=O)O)c2-c1cccc(F)c1. The van der Waals surface area contributed by atoms with Crippen LogP contribution < -0.4 is 14.8 Å². The molecule has 0 fully saturated rings. The van der Waals surface area contributed by atoms with Crippen LogP contribution in [-0.4, -0.2) is 30.7 Å². The van der Waals surface area contributed by atoms with Crippen molar-refractivity contribution < 1.29 is 28.6 Å². The van der Waals surface area contributed by atoms with Gasteiger partial charge < -0.3 is 19.9 Å². The van der Waals surface area contributed by atoms with Crippen LogP contribution in [0.4, 0.5) is 10.1 Å². The number of carboxylic acids is 1. The molecule has 0 saturated carbocycles. The highest BCUT2D eigenvalue weighted by Crippen LogP contribution is 2.51. The van der Waals surface area contributed by atoms with Crippen LogP contribution in [0.3, 0.4) is 0 Å². The van der Waals surface area contributed by atoms with Gasteiger partial charge in [0.2, 0.25) is 5.91 Å². The summed E-state index contributed by atoms with van der Waals surface area (Å²) < 4.78 is 25.4. The number of methoxy groups -OCH3 is 1. The zero-order valence-corrected chi connectivity index (χ0v) is 18.4. The highest BCUT2D eigenvalue weighted by molar-refractivity contribution is 7.15. The van der Waals surface area contributed by atoms with Crippen LogP contribution in [0.15, 0.2) is 42.5 Å². The van der Waals surface area contributed by atoms with Crippen LogP contribution in [0, 0.1) is 5.82 Å². The molecule has 8 heteroatoms. The van der Waals surface area contributed by atoms with E-state index in [9.17, 15) is 19.1 Å². The highest BCUT2D eigenvalue weighted by atomic mass is 32.1. The van der Waals surface area contributed by atoms with E-state index in [1.807, 2.05) is 19.1 Å². The van der Waals surface area contributed by atoms with Crippen LogP contribution in [0.1, 0.15) is 45.8 Å². The third kappa shape index (κ3) is 3.93. The van der Waals surface area contributed by atoms with Gasteiger partial charge in [-0.25, -0.2) is 9.18 Å². The zero-order chi connectivity index (χ0) is 22.8. The number of carboxylic acid groups (broad SMARTS) is 1. The van der Waals surface area contributed by atoms with Gasteiger partial charge in [-0.15, -0.1) is 11.3 Å². The number of rotatable bonds is 7. The summed E-state index contributed by atoms with van der Waals surface area (Å²) in [6.45, 7) is 2.46. The molecule has 1 aliphatic rings. The monoisotopic (exact) mass is 455 g/mol. The number of ether oxygens (including phenoxy) is 2. The predicted octanol–water partition coefficient (Wildman–Crippen LogP) is 5.52. The first-order chi connectivity index (χ1) is 15.4. The van der Waals surface area contributed by atoms with E-state index < -0.39 is 17.7 Å². The number of para-hydroxylation sites is 1. The van der Waals surface area contributed by atoms with Gasteiger partial charge in [-0.2, -0.15) is 0 Å². The summed E-state index contributed by atoms with van der Waals surface area (Å²) in [5.74, 6) is -1.21. The molecule has 166 valence electrons. The van der Waals surface area contributed by atoms with Crippen LogP contribution in [0.5, 0.6) is 11.5 Å². The largest absolute Gasteiger partial charge is 0.493 e. The van der Waals surface area contributed by atoms with Crippen LogP contribution in [0.25, 0.3) is 11.1 Å². The molecule has 0 unspecified atom stereocenters. The topological polar surface area (TPSA) is 84.9 Å². The lowest BCUT2D eigenvalue weighted by molar-refractivity contribution is -0.116. The van der Waals surface area contributed by atoms with Crippen LogP contribution in [-0.2, 0) is 4.79 Å². The number of hydrogen-bond donors (Lipinski definition) is 2. The van der Waals surface area contributed by atoms with Gasteiger partial charge in [0.15, 0.2) is 11.5 Å². The Labute approximate surface area is 188 Å². The molecule has 4 rings (SSSR count). The van der Waals surface area contributed by atoms with Crippen molar-refractivity contribution in [3.05, 3.63) is 63.6 Å². The fourth-order valence-corrected chi connectivity index (χ4v) is 5.17. The molecule has 0 aliphatic carbocycles. The van der Waals surface area contributed by atoms with E-state index in [4.69, 9.17) is 9.47 Å². The van der Waals surface area contributed by atoms with E-state index in [1.165, 1.54) is 18.2 Å². The van der Waals surface area contributed by atoms with E-state index in [0.717, 1.165) is 23.3 Å². The van der Waals surface area contributed by atoms with Crippen molar-refractivity contribution in [2.45, 2.75) is 25.7 Å². The molecule has 2 heterocycles. The minimum Gasteiger partial charge on any atom is -0.493 e. The van der Waals surface area contributed by atoms with Gasteiger partial charge in [0.1, 0.15) is 10.7 Å². The van der Waals surface area contributed by atoms with E-state index >= 15 is 0 Å². The zero-order valence-electron chi connectivity index (χ0n) is 17.6. The van der Waals surface area contributed by atoms with Crippen molar-refractivity contribution in [2.24, 2.45) is 0 Å². The molecular weight excluding hydrogens is 433 g/mol. The molecule has 0 radical (unpaired) electrons. The maximum Gasteiger partial charge on any atom is 0.346 e. The number of halogens is 1. The molecule has 0 spiro atoms. The lowest BCUT2D eigenvalue weighted by Gasteiger charge is -2.26. The van der Waals surface area contributed by atoms with E-state index in [1.54, 1.807) is 19.2 Å². The van der Waals surface area contributed by atoms with E-state index in [0.29, 0.717) is 39.8 Å². The summed E-state index contributed by atoms with van der Waals surface area (Å²) in [7, 11) is 1.55. The summed E-state index contributed by atoms with van der Waals surface area (Å²) >= 11 is 1.09. The Morgan fingerprint density at radius 1 is 1.28 bits per heavy atom. The number of carbonyl (C=O) groups excluding carboxylic acids is 1. The molecule has 0 saturated heterocycles. The van der Waals surface area contributed by atoms with Crippen molar-refractivity contribution >= 4 is 28.9 Å². The first-order valence-electron chi connectivity index (χ1n) is 10.2. The molecule has 2 aromatic carbocycles. The van der Waals surface area contributed by atoms with Crippen molar-refractivity contribution in [3.8, 4) is 22.6 Å². The highest BCUT2D eigenvalue weighted by Gasteiger charge is 2.36. The van der Waals surface area contributed by atoms with Gasteiger partial charge in [-0.1, -0.05) is 31.2 Å². The molecule has 1 atom stereocenters. The number of nitrogens with one attached hydrogen (secondary N) is 1. The van der Waals surface area contributed by atoms with E-state index in [-0.39, 0.29) is 17.2 Å². The predicted molar refractivity (Wildman–Crippen MR) is 121 cm³/mol. The second-order valence-electron chi connectivity index (χ2n) is 7.39. The lowest BCUT2D eigenvalue weighted by atomic mass is 9.88. The van der Waals surface area contributed by atoms with Gasteiger partial charge in [0.25, 0.3) is 0 Å². The summed E-state index contributed by atoms with van der Waals surface area (Å²) in [4.78, 5) is 25.5. The number of fused-ring (bicyclic) bond motifs is 1. The Balaban J connectivity index is 1.93. The maximum atomic E-state index is 13.9. The third-order valence-electron chi connectivity index (χ3n) is 5.27. The Morgan fingerprint density at radius 2 is 2.06 bits per heavy atom. The lowest BCUT2D eigenvalue weighted by Crippen LogP contribution is -2.23. The average Bonchev–Trinajstić information content (AvgIpc) is 3.16. The fraction of sp³-hybridized carbons (Fsp3) is 0.250. The Morgan fingerprint density at radius 3 is 2.75 bits per heavy atom. The van der Waals surface area contributed by atoms with Gasteiger partial charge in [-0.05, 0) is 30.2 Å². The summed E-state index contributed by atoms with van der Waals surface area (Å²) in [6.07, 6.45) is 0.921. The number of hydrogen-bond acceptors (Lipinski definition) is 5. The second kappa shape index (κ2) is 9.00. The standard InChI is InChI=1S/C24H22FNO5S/c1-3-10-31-21-15(8-5-9-17(21)30-2)16-12-18(27)26-20-19(13-6-4-7-14(25)11-13)23(24(28)29)32-22(16)20/h4-9,11,16H,3,10,12H2,1-2H3,(H,26,27)(H,28,29)/t16-/m1/s1. The van der Waals surface area contributed by atoms with Crippen molar-refractivity contribution in [1.29, 1.82) is 0 Å². The minimum absolute atomic E-state index is 0.0479. The summed E-state index contributed by atoms with van der Waals surface area (Å²) in [6, 6.07) is 11.2. The maximum absolute atomic E-state index is 13.9. The number of aromatic carboxylic acids is 1.